The molecular formula is C11H12ClN3O. The number of aliphatic hydroxyl groups is 1. The molecule has 0 aliphatic carbocycles. The summed E-state index contributed by atoms with van der Waals surface area (Å²) in [7, 11) is 0. The molecule has 16 heavy (non-hydrogen) atoms. The summed E-state index contributed by atoms with van der Waals surface area (Å²) < 4.78 is 0. The lowest BCUT2D eigenvalue weighted by molar-refractivity contribution is 0.190. The lowest BCUT2D eigenvalue weighted by Gasteiger charge is -2.00. The molecule has 1 unspecified atom stereocenters. The van der Waals surface area contributed by atoms with Gasteiger partial charge in [-0.05, 0) is 18.6 Å². The van der Waals surface area contributed by atoms with Gasteiger partial charge in [-0.2, -0.15) is 0 Å². The smallest absolute Gasteiger partial charge is 0.135 e. The van der Waals surface area contributed by atoms with Crippen LogP contribution in [0.1, 0.15) is 30.1 Å². The van der Waals surface area contributed by atoms with Crippen LogP contribution < -0.4 is 0 Å². The molecule has 0 fully saturated rings. The Balaban J connectivity index is 2.18. The van der Waals surface area contributed by atoms with Crippen LogP contribution in [0.15, 0.2) is 24.7 Å². The molecule has 2 aromatic rings. The zero-order valence-electron chi connectivity index (χ0n) is 8.81. The number of aromatic nitrogens is 3. The van der Waals surface area contributed by atoms with Gasteiger partial charge in [-0.1, -0.05) is 11.6 Å². The summed E-state index contributed by atoms with van der Waals surface area (Å²) in [5, 5.41) is 9.96. The first kappa shape index (κ1) is 11.1. The SMILES string of the molecule is CC(O)c1nc(Cc2ccncc2Cl)c[nH]1. The highest BCUT2D eigenvalue weighted by Gasteiger charge is 2.08. The Morgan fingerprint density at radius 3 is 3.00 bits per heavy atom. The molecule has 0 radical (unpaired) electrons. The number of nitrogens with one attached hydrogen (secondary N) is 1. The van der Waals surface area contributed by atoms with Crippen LogP contribution in [-0.4, -0.2) is 20.1 Å². The zero-order valence-corrected chi connectivity index (χ0v) is 9.57. The fraction of sp³-hybridized carbons (Fsp3) is 0.273. The van der Waals surface area contributed by atoms with Gasteiger partial charge in [-0.25, -0.2) is 4.98 Å². The van der Waals surface area contributed by atoms with E-state index in [2.05, 4.69) is 15.0 Å². The molecule has 84 valence electrons. The summed E-state index contributed by atoms with van der Waals surface area (Å²) >= 11 is 5.99. The summed E-state index contributed by atoms with van der Waals surface area (Å²) in [5.41, 5.74) is 1.82. The molecule has 0 amide bonds. The minimum atomic E-state index is -0.582. The Hall–Kier alpha value is -1.39. The van der Waals surface area contributed by atoms with Crippen molar-refractivity contribution < 1.29 is 5.11 Å². The van der Waals surface area contributed by atoms with Crippen molar-refractivity contribution in [2.24, 2.45) is 0 Å². The van der Waals surface area contributed by atoms with E-state index >= 15 is 0 Å². The quantitative estimate of drug-likeness (QED) is 0.860. The normalized spacial score (nSPS) is 12.7. The Morgan fingerprint density at radius 2 is 2.38 bits per heavy atom. The van der Waals surface area contributed by atoms with Gasteiger partial charge in [0, 0.05) is 25.0 Å². The Bertz CT molecular complexity index is 482. The number of hydrogen-bond acceptors (Lipinski definition) is 3. The molecule has 4 nitrogen and oxygen atoms in total. The molecule has 0 bridgehead atoms. The van der Waals surface area contributed by atoms with E-state index in [-0.39, 0.29) is 0 Å². The van der Waals surface area contributed by atoms with Crippen molar-refractivity contribution in [3.8, 4) is 0 Å². The van der Waals surface area contributed by atoms with Crippen molar-refractivity contribution in [1.29, 1.82) is 0 Å². The monoisotopic (exact) mass is 237 g/mol. The second-order valence-electron chi connectivity index (χ2n) is 3.60. The number of aromatic amines is 1. The molecule has 1 atom stereocenters. The van der Waals surface area contributed by atoms with Gasteiger partial charge in [0.1, 0.15) is 11.9 Å². The Labute approximate surface area is 98.3 Å². The highest BCUT2D eigenvalue weighted by molar-refractivity contribution is 6.31. The van der Waals surface area contributed by atoms with Crippen LogP contribution in [0.2, 0.25) is 5.02 Å². The molecule has 0 aliphatic heterocycles. The first-order valence-electron chi connectivity index (χ1n) is 4.97. The summed E-state index contributed by atoms with van der Waals surface area (Å²) in [4.78, 5) is 11.1. The molecule has 0 saturated heterocycles. The van der Waals surface area contributed by atoms with E-state index in [0.717, 1.165) is 11.3 Å². The van der Waals surface area contributed by atoms with E-state index in [1.165, 1.54) is 0 Å². The molecule has 0 spiro atoms. The van der Waals surface area contributed by atoms with Crippen LogP contribution >= 0.6 is 11.6 Å². The molecule has 0 aliphatic rings. The van der Waals surface area contributed by atoms with Crippen molar-refractivity contribution in [2.75, 3.05) is 0 Å². The number of halogens is 1. The number of nitrogens with zero attached hydrogens (tertiary/aromatic N) is 2. The molecule has 2 N–H and O–H groups in total. The Morgan fingerprint density at radius 1 is 1.56 bits per heavy atom. The summed E-state index contributed by atoms with van der Waals surface area (Å²) in [6.45, 7) is 1.67. The highest BCUT2D eigenvalue weighted by atomic mass is 35.5. The number of rotatable bonds is 3. The largest absolute Gasteiger partial charge is 0.385 e. The first-order chi connectivity index (χ1) is 7.66. The lowest BCUT2D eigenvalue weighted by Crippen LogP contribution is -1.95. The summed E-state index contributed by atoms with van der Waals surface area (Å²) in [5.74, 6) is 0.570. The van der Waals surface area contributed by atoms with Gasteiger partial charge in [-0.15, -0.1) is 0 Å². The molecule has 2 rings (SSSR count). The van der Waals surface area contributed by atoms with Crippen LogP contribution in [-0.2, 0) is 6.42 Å². The summed E-state index contributed by atoms with van der Waals surface area (Å²) in [6, 6.07) is 1.86. The van der Waals surface area contributed by atoms with Gasteiger partial charge in [0.2, 0.25) is 0 Å². The maximum absolute atomic E-state index is 9.33. The van der Waals surface area contributed by atoms with Crippen molar-refractivity contribution in [2.45, 2.75) is 19.4 Å². The number of hydrogen-bond donors (Lipinski definition) is 2. The second kappa shape index (κ2) is 4.63. The maximum atomic E-state index is 9.33. The predicted octanol–water partition coefficient (Wildman–Crippen LogP) is 2.10. The van der Waals surface area contributed by atoms with Crippen LogP contribution in [0, 0.1) is 0 Å². The molecule has 2 heterocycles. The molecular weight excluding hydrogens is 226 g/mol. The maximum Gasteiger partial charge on any atom is 0.135 e. The minimum Gasteiger partial charge on any atom is -0.385 e. The van der Waals surface area contributed by atoms with Gasteiger partial charge in [0.25, 0.3) is 0 Å². The van der Waals surface area contributed by atoms with Crippen LogP contribution in [0.4, 0.5) is 0 Å². The van der Waals surface area contributed by atoms with Crippen molar-refractivity contribution in [3.05, 3.63) is 46.8 Å². The molecule has 0 saturated carbocycles. The standard InChI is InChI=1S/C11H12ClN3O/c1-7(16)11-14-5-9(15-11)4-8-2-3-13-6-10(8)12/h2-3,5-7,16H,4H2,1H3,(H,14,15). The van der Waals surface area contributed by atoms with E-state index < -0.39 is 6.10 Å². The number of aliphatic hydroxyl groups excluding tert-OH is 1. The third kappa shape index (κ3) is 2.40. The van der Waals surface area contributed by atoms with E-state index in [9.17, 15) is 5.11 Å². The molecule has 0 aromatic carbocycles. The fourth-order valence-electron chi connectivity index (χ4n) is 1.42. The lowest BCUT2D eigenvalue weighted by atomic mass is 10.1. The van der Waals surface area contributed by atoms with Gasteiger partial charge in [-0.3, -0.25) is 4.98 Å². The van der Waals surface area contributed by atoms with Gasteiger partial charge in [0.05, 0.1) is 10.7 Å². The van der Waals surface area contributed by atoms with Gasteiger partial charge >= 0.3 is 0 Å². The van der Waals surface area contributed by atoms with Crippen molar-refractivity contribution in [3.63, 3.8) is 0 Å². The van der Waals surface area contributed by atoms with E-state index in [0.29, 0.717) is 17.3 Å². The highest BCUT2D eigenvalue weighted by Crippen LogP contribution is 2.17. The van der Waals surface area contributed by atoms with Crippen molar-refractivity contribution >= 4 is 11.6 Å². The second-order valence-corrected chi connectivity index (χ2v) is 4.00. The fourth-order valence-corrected chi connectivity index (χ4v) is 1.61. The minimum absolute atomic E-state index is 0.570. The molecule has 2 aromatic heterocycles. The number of H-pyrrole nitrogens is 1. The van der Waals surface area contributed by atoms with Crippen molar-refractivity contribution in [1.82, 2.24) is 15.0 Å². The van der Waals surface area contributed by atoms with E-state index in [4.69, 9.17) is 11.6 Å². The van der Waals surface area contributed by atoms with Crippen LogP contribution in [0.25, 0.3) is 0 Å². The topological polar surface area (TPSA) is 61.8 Å². The van der Waals surface area contributed by atoms with E-state index in [1.54, 1.807) is 25.5 Å². The third-order valence-electron chi connectivity index (χ3n) is 2.27. The number of pyridine rings is 1. The third-order valence-corrected chi connectivity index (χ3v) is 2.61. The summed E-state index contributed by atoms with van der Waals surface area (Å²) in [6.07, 6.45) is 5.13. The molecule has 5 heteroatoms. The zero-order chi connectivity index (χ0) is 11.5. The van der Waals surface area contributed by atoms with E-state index in [1.807, 2.05) is 6.07 Å². The van der Waals surface area contributed by atoms with Gasteiger partial charge in [0.15, 0.2) is 0 Å². The predicted molar refractivity (Wildman–Crippen MR) is 61.3 cm³/mol. The Kier molecular flexibility index (Phi) is 3.22. The van der Waals surface area contributed by atoms with Crippen LogP contribution in [0.5, 0.6) is 0 Å². The average molecular weight is 238 g/mol. The van der Waals surface area contributed by atoms with Crippen LogP contribution in [0.3, 0.4) is 0 Å². The number of imidazole rings is 1. The van der Waals surface area contributed by atoms with Gasteiger partial charge < -0.3 is 10.1 Å². The average Bonchev–Trinajstić information content (AvgIpc) is 2.70. The first-order valence-corrected chi connectivity index (χ1v) is 5.35.